The molecule has 1 aliphatic rings. The SMILES string of the molecule is C[Si](C)(C)c1ccc(-c2c3nc(c(-c4ccc([Si](C)(C)C)cc4)c4ccc([nH]4)c(-c4ccc([Si](C)(C)C)cc4)c4ccc2[nH]4)C=C3)cc1. The van der Waals surface area contributed by atoms with Crippen LogP contribution in [0, 0.1) is 0 Å². The normalized spacial score (nSPS) is 13.0. The smallest absolute Gasteiger partial charge is 0.0775 e. The zero-order chi connectivity index (χ0) is 34.0. The minimum Gasteiger partial charge on any atom is -0.354 e. The molecule has 242 valence electrons. The average Bonchev–Trinajstić information content (AvgIpc) is 3.81. The monoisotopic (exact) mass is 677 g/mol. The third-order valence-electron chi connectivity index (χ3n) is 9.72. The first-order chi connectivity index (χ1) is 22.7. The van der Waals surface area contributed by atoms with Gasteiger partial charge in [-0.15, -0.1) is 0 Å². The van der Waals surface area contributed by atoms with Crippen molar-refractivity contribution in [3.05, 3.63) is 108 Å². The summed E-state index contributed by atoms with van der Waals surface area (Å²) in [6.07, 6.45) is 4.38. The molecule has 0 saturated carbocycles. The number of nitrogens with one attached hydrogen (secondary N) is 2. The van der Waals surface area contributed by atoms with Gasteiger partial charge in [0.2, 0.25) is 0 Å². The van der Waals surface area contributed by atoms with Crippen LogP contribution in [0.5, 0.6) is 0 Å². The Morgan fingerprint density at radius 1 is 0.354 bits per heavy atom. The second kappa shape index (κ2) is 11.7. The molecule has 2 N–H and O–H groups in total. The maximum absolute atomic E-state index is 5.38. The molecule has 0 radical (unpaired) electrons. The lowest BCUT2D eigenvalue weighted by Gasteiger charge is -2.17. The van der Waals surface area contributed by atoms with Crippen LogP contribution in [-0.4, -0.2) is 39.2 Å². The summed E-state index contributed by atoms with van der Waals surface area (Å²) in [5, 5.41) is 4.38. The van der Waals surface area contributed by atoms with Crippen molar-refractivity contribution in [2.24, 2.45) is 0 Å². The molecular weight excluding hydrogens is 631 g/mol. The number of hydrogen-bond acceptors (Lipinski definition) is 1. The van der Waals surface area contributed by atoms with Gasteiger partial charge in [0.15, 0.2) is 0 Å². The highest BCUT2D eigenvalue weighted by molar-refractivity contribution is 6.89. The fourth-order valence-electron chi connectivity index (χ4n) is 6.76. The van der Waals surface area contributed by atoms with Gasteiger partial charge >= 0.3 is 0 Å². The summed E-state index contributed by atoms with van der Waals surface area (Å²) < 4.78 is 0. The van der Waals surface area contributed by atoms with Crippen LogP contribution >= 0.6 is 0 Å². The van der Waals surface area contributed by atoms with Crippen LogP contribution in [0.3, 0.4) is 0 Å². The summed E-state index contributed by atoms with van der Waals surface area (Å²) in [4.78, 5) is 13.1. The molecular formula is C42H47N3Si3. The summed E-state index contributed by atoms with van der Waals surface area (Å²) in [5.41, 5.74) is 13.2. The van der Waals surface area contributed by atoms with Crippen LogP contribution in [0.2, 0.25) is 58.9 Å². The van der Waals surface area contributed by atoms with E-state index in [1.165, 1.54) is 37.8 Å². The van der Waals surface area contributed by atoms with Gasteiger partial charge in [-0.1, -0.05) is 147 Å². The van der Waals surface area contributed by atoms with Gasteiger partial charge in [0.05, 0.1) is 35.6 Å². The van der Waals surface area contributed by atoms with Gasteiger partial charge in [0, 0.05) is 38.8 Å². The van der Waals surface area contributed by atoms with Gasteiger partial charge in [-0.25, -0.2) is 4.98 Å². The highest BCUT2D eigenvalue weighted by Gasteiger charge is 2.21. The van der Waals surface area contributed by atoms with Gasteiger partial charge in [-0.05, 0) is 53.1 Å². The van der Waals surface area contributed by atoms with Crippen LogP contribution < -0.4 is 15.6 Å². The second-order valence-corrected chi connectivity index (χ2v) is 31.6. The molecule has 4 heterocycles. The van der Waals surface area contributed by atoms with Crippen molar-refractivity contribution >= 4 is 74.0 Å². The van der Waals surface area contributed by atoms with Crippen molar-refractivity contribution in [2.45, 2.75) is 58.9 Å². The third-order valence-corrected chi connectivity index (χ3v) is 15.9. The lowest BCUT2D eigenvalue weighted by Crippen LogP contribution is -2.37. The lowest BCUT2D eigenvalue weighted by molar-refractivity contribution is 1.32. The Morgan fingerprint density at radius 3 is 0.917 bits per heavy atom. The van der Waals surface area contributed by atoms with Crippen molar-refractivity contribution in [1.82, 2.24) is 15.0 Å². The molecule has 0 fully saturated rings. The van der Waals surface area contributed by atoms with Crippen LogP contribution in [0.15, 0.2) is 97.1 Å². The van der Waals surface area contributed by atoms with E-state index in [-0.39, 0.29) is 0 Å². The van der Waals surface area contributed by atoms with Crippen molar-refractivity contribution in [3.63, 3.8) is 0 Å². The quantitative estimate of drug-likeness (QED) is 0.169. The van der Waals surface area contributed by atoms with Crippen molar-refractivity contribution in [1.29, 1.82) is 0 Å². The molecule has 0 spiro atoms. The van der Waals surface area contributed by atoms with Gasteiger partial charge in [-0.2, -0.15) is 0 Å². The number of nitrogens with zero attached hydrogens (tertiary/aromatic N) is 1. The number of fused-ring (bicyclic) bond motifs is 6. The molecule has 3 nitrogen and oxygen atoms in total. The molecule has 6 bridgehead atoms. The molecule has 3 aromatic heterocycles. The Kier molecular flexibility index (Phi) is 7.89. The van der Waals surface area contributed by atoms with E-state index < -0.39 is 24.2 Å². The molecule has 0 saturated heterocycles. The Bertz CT molecular complexity index is 2120. The van der Waals surface area contributed by atoms with E-state index in [1.54, 1.807) is 0 Å². The number of H-pyrrole nitrogens is 2. The van der Waals surface area contributed by atoms with E-state index >= 15 is 0 Å². The van der Waals surface area contributed by atoms with Crippen LogP contribution in [0.1, 0.15) is 11.4 Å². The van der Waals surface area contributed by atoms with E-state index in [0.29, 0.717) is 0 Å². The zero-order valence-electron chi connectivity index (χ0n) is 29.8. The molecule has 0 amide bonds. The molecule has 7 rings (SSSR count). The summed E-state index contributed by atoms with van der Waals surface area (Å²) >= 11 is 0. The van der Waals surface area contributed by atoms with Gasteiger partial charge < -0.3 is 9.97 Å². The van der Waals surface area contributed by atoms with E-state index in [2.05, 4.69) is 178 Å². The molecule has 0 unspecified atom stereocenters. The highest BCUT2D eigenvalue weighted by atomic mass is 28.3. The van der Waals surface area contributed by atoms with Gasteiger partial charge in [0.25, 0.3) is 0 Å². The zero-order valence-corrected chi connectivity index (χ0v) is 32.8. The van der Waals surface area contributed by atoms with Crippen LogP contribution in [0.4, 0.5) is 0 Å². The number of benzene rings is 3. The first-order valence-electron chi connectivity index (χ1n) is 17.1. The molecule has 6 aromatic rings. The largest absolute Gasteiger partial charge is 0.354 e. The molecule has 48 heavy (non-hydrogen) atoms. The van der Waals surface area contributed by atoms with Crippen molar-refractivity contribution in [3.8, 4) is 33.4 Å². The Hall–Kier alpha value is -4.24. The topological polar surface area (TPSA) is 44.5 Å². The molecule has 3 aromatic carbocycles. The summed E-state index contributed by atoms with van der Waals surface area (Å²) in [5.74, 6) is 0. The minimum absolute atomic E-state index is 0.976. The number of aromatic nitrogens is 3. The van der Waals surface area contributed by atoms with Crippen molar-refractivity contribution in [2.75, 3.05) is 0 Å². The van der Waals surface area contributed by atoms with Gasteiger partial charge in [-0.3, -0.25) is 0 Å². The van der Waals surface area contributed by atoms with E-state index in [4.69, 9.17) is 4.98 Å². The molecule has 1 aliphatic heterocycles. The fourth-order valence-corrected chi connectivity index (χ4v) is 10.3. The minimum atomic E-state index is -1.44. The summed E-state index contributed by atoms with van der Waals surface area (Å²) in [7, 11) is -4.31. The first kappa shape index (κ1) is 32.3. The number of hydrogen-bond donors (Lipinski definition) is 2. The first-order valence-corrected chi connectivity index (χ1v) is 27.6. The van der Waals surface area contributed by atoms with Crippen LogP contribution in [-0.2, 0) is 0 Å². The number of rotatable bonds is 6. The van der Waals surface area contributed by atoms with E-state index in [1.807, 2.05) is 0 Å². The van der Waals surface area contributed by atoms with E-state index in [9.17, 15) is 0 Å². The summed E-state index contributed by atoms with van der Waals surface area (Å²) in [6.45, 7) is 21.6. The Labute approximate surface area is 288 Å². The fraction of sp³-hybridized carbons (Fsp3) is 0.214. The van der Waals surface area contributed by atoms with Gasteiger partial charge in [0.1, 0.15) is 0 Å². The van der Waals surface area contributed by atoms with Crippen molar-refractivity contribution < 1.29 is 0 Å². The number of aromatic amines is 2. The van der Waals surface area contributed by atoms with E-state index in [0.717, 1.165) is 44.6 Å². The second-order valence-electron chi connectivity index (χ2n) is 16.4. The molecule has 6 heteroatoms. The predicted molar refractivity (Wildman–Crippen MR) is 220 cm³/mol. The molecule has 0 aliphatic carbocycles. The highest BCUT2D eigenvalue weighted by Crippen LogP contribution is 2.37. The third kappa shape index (κ3) is 6.09. The standard InChI is InChI=1S/C42H47N3Si3/c1-46(2,3)31-16-10-28(11-17-31)40-34-22-24-36(43-34)41(29-12-18-32(19-13-29)47(4,5)6)38-26-27-39(45-38)42(37-25-23-35(40)44-37)30-14-20-33(21-15-30)48(7,8)9/h10-27,43-44H,1-9H3. The Balaban J connectivity index is 1.56. The maximum Gasteiger partial charge on any atom is 0.0775 e. The molecule has 0 atom stereocenters. The maximum atomic E-state index is 5.38. The average molecular weight is 678 g/mol. The van der Waals surface area contributed by atoms with Crippen LogP contribution in [0.25, 0.3) is 67.6 Å². The predicted octanol–water partition coefficient (Wildman–Crippen LogP) is 10.3. The summed E-state index contributed by atoms with van der Waals surface area (Å²) in [6, 6.07) is 36.7. The lowest BCUT2D eigenvalue weighted by atomic mass is 10.0. The Morgan fingerprint density at radius 2 is 0.625 bits per heavy atom.